The van der Waals surface area contributed by atoms with Gasteiger partial charge in [-0.2, -0.15) is 0 Å². The van der Waals surface area contributed by atoms with Crippen molar-refractivity contribution in [3.63, 3.8) is 0 Å². The zero-order chi connectivity index (χ0) is 23.1. The molecule has 1 aliphatic rings. The van der Waals surface area contributed by atoms with E-state index in [2.05, 4.69) is 11.9 Å². The van der Waals surface area contributed by atoms with E-state index >= 15 is 0 Å². The molecule has 0 N–H and O–H groups in total. The van der Waals surface area contributed by atoms with Crippen LogP contribution in [0.15, 0.2) is 35.4 Å². The van der Waals surface area contributed by atoms with Crippen LogP contribution in [0.2, 0.25) is 5.15 Å². The van der Waals surface area contributed by atoms with Gasteiger partial charge in [-0.05, 0) is 49.6 Å². The van der Waals surface area contributed by atoms with E-state index in [0.29, 0.717) is 18.7 Å². The van der Waals surface area contributed by atoms with Gasteiger partial charge in [0.2, 0.25) is 0 Å². The van der Waals surface area contributed by atoms with Gasteiger partial charge >= 0.3 is 5.97 Å². The van der Waals surface area contributed by atoms with Crippen molar-refractivity contribution in [2.75, 3.05) is 23.8 Å². The van der Waals surface area contributed by atoms with E-state index < -0.39 is 16.8 Å². The predicted molar refractivity (Wildman–Crippen MR) is 127 cm³/mol. The fourth-order valence-electron chi connectivity index (χ4n) is 3.81. The third-order valence-corrected chi connectivity index (χ3v) is 7.13. The van der Waals surface area contributed by atoms with Gasteiger partial charge in [-0.3, -0.25) is 9.00 Å². The fraction of sp³-hybridized carbons (Fsp3) is 0.458. The minimum absolute atomic E-state index is 0.0931. The Morgan fingerprint density at radius 2 is 1.91 bits per heavy atom. The Kier molecular flexibility index (Phi) is 8.82. The highest BCUT2D eigenvalue weighted by Crippen LogP contribution is 2.32. The van der Waals surface area contributed by atoms with E-state index in [-0.39, 0.29) is 28.8 Å². The van der Waals surface area contributed by atoms with Gasteiger partial charge in [0.05, 0.1) is 28.5 Å². The van der Waals surface area contributed by atoms with Crippen LogP contribution in [0.1, 0.15) is 72.2 Å². The summed E-state index contributed by atoms with van der Waals surface area (Å²) in [5, 5.41) is 0.130. The molecule has 0 saturated heterocycles. The van der Waals surface area contributed by atoms with Gasteiger partial charge in [0.25, 0.3) is 5.91 Å². The van der Waals surface area contributed by atoms with E-state index in [1.807, 2.05) is 18.2 Å². The molecule has 172 valence electrons. The number of rotatable bonds is 10. The van der Waals surface area contributed by atoms with Crippen LogP contribution in [0.4, 0.5) is 5.69 Å². The number of pyridine rings is 1. The van der Waals surface area contributed by atoms with Crippen molar-refractivity contribution >= 4 is 40.0 Å². The van der Waals surface area contributed by atoms with Crippen molar-refractivity contribution in [1.29, 1.82) is 0 Å². The van der Waals surface area contributed by atoms with E-state index in [9.17, 15) is 13.8 Å². The number of carbonyl (C=O) groups excluding carboxylic acids is 2. The van der Waals surface area contributed by atoms with Crippen LogP contribution in [-0.2, 0) is 22.0 Å². The van der Waals surface area contributed by atoms with Crippen LogP contribution in [0.3, 0.4) is 0 Å². The third kappa shape index (κ3) is 5.75. The number of esters is 1. The molecule has 1 aliphatic heterocycles. The summed E-state index contributed by atoms with van der Waals surface area (Å²) in [7, 11) is -1.04. The number of hydrogen-bond donors (Lipinski definition) is 0. The van der Waals surface area contributed by atoms with Crippen molar-refractivity contribution in [3.8, 4) is 0 Å². The molecule has 1 unspecified atom stereocenters. The van der Waals surface area contributed by atoms with Crippen LogP contribution >= 0.6 is 11.6 Å². The number of carbonyl (C=O) groups is 2. The number of benzene rings is 1. The molecule has 32 heavy (non-hydrogen) atoms. The lowest BCUT2D eigenvalue weighted by atomic mass is 10.1. The molecule has 1 aromatic carbocycles. The van der Waals surface area contributed by atoms with Crippen LogP contribution in [0, 0.1) is 0 Å². The topological polar surface area (TPSA) is 76.6 Å². The minimum atomic E-state index is -1.04. The van der Waals surface area contributed by atoms with Gasteiger partial charge in [-0.15, -0.1) is 0 Å². The second-order valence-electron chi connectivity index (χ2n) is 7.73. The van der Waals surface area contributed by atoms with E-state index in [1.54, 1.807) is 11.8 Å². The number of ether oxygens (including phenoxy) is 1. The first-order chi connectivity index (χ1) is 15.5. The molecular formula is C24H29ClN2O4S. The highest BCUT2D eigenvalue weighted by molar-refractivity contribution is 7.85. The number of unbranched alkanes of at least 4 members (excludes halogenated alkanes) is 4. The molecular weight excluding hydrogens is 448 g/mol. The van der Waals surface area contributed by atoms with Crippen molar-refractivity contribution in [1.82, 2.24) is 4.98 Å². The fourth-order valence-corrected chi connectivity index (χ4v) is 5.16. The molecule has 6 nitrogen and oxygen atoms in total. The third-order valence-electron chi connectivity index (χ3n) is 5.48. The SMILES string of the molecule is CCCCCCCS(=O)c1ccc2c(c1)CCN2C(=O)c1cc(Cl)ncc1C(=O)OCC. The molecule has 0 fully saturated rings. The van der Waals surface area contributed by atoms with Gasteiger partial charge in [0.1, 0.15) is 5.15 Å². The first-order valence-electron chi connectivity index (χ1n) is 11.1. The maximum absolute atomic E-state index is 13.3. The minimum Gasteiger partial charge on any atom is -0.462 e. The number of halogens is 1. The summed E-state index contributed by atoms with van der Waals surface area (Å²) in [6.07, 6.45) is 7.58. The van der Waals surface area contributed by atoms with E-state index in [4.69, 9.17) is 16.3 Å². The zero-order valence-corrected chi connectivity index (χ0v) is 20.1. The maximum Gasteiger partial charge on any atom is 0.340 e. The number of fused-ring (bicyclic) bond motifs is 1. The number of anilines is 1. The molecule has 0 saturated carbocycles. The second kappa shape index (κ2) is 11.6. The normalized spacial score (nSPS) is 13.7. The molecule has 0 bridgehead atoms. The first-order valence-corrected chi connectivity index (χ1v) is 12.8. The lowest BCUT2D eigenvalue weighted by Gasteiger charge is -2.19. The highest BCUT2D eigenvalue weighted by atomic mass is 35.5. The van der Waals surface area contributed by atoms with Crippen molar-refractivity contribution < 1.29 is 18.5 Å². The Balaban J connectivity index is 1.76. The second-order valence-corrected chi connectivity index (χ2v) is 9.69. The van der Waals surface area contributed by atoms with Gasteiger partial charge in [0.15, 0.2) is 0 Å². The Labute approximate surface area is 196 Å². The lowest BCUT2D eigenvalue weighted by Crippen LogP contribution is -2.30. The van der Waals surface area contributed by atoms with E-state index in [1.165, 1.54) is 31.5 Å². The molecule has 3 rings (SSSR count). The van der Waals surface area contributed by atoms with E-state index in [0.717, 1.165) is 29.0 Å². The van der Waals surface area contributed by atoms with Crippen LogP contribution in [0.5, 0.6) is 0 Å². The van der Waals surface area contributed by atoms with Crippen LogP contribution in [0.25, 0.3) is 0 Å². The molecule has 2 aromatic rings. The number of hydrogen-bond acceptors (Lipinski definition) is 5. The smallest absolute Gasteiger partial charge is 0.340 e. The van der Waals surface area contributed by atoms with Crippen molar-refractivity contribution in [3.05, 3.63) is 52.3 Å². The van der Waals surface area contributed by atoms with Crippen molar-refractivity contribution in [2.45, 2.75) is 57.3 Å². The molecule has 0 spiro atoms. The summed E-state index contributed by atoms with van der Waals surface area (Å²) in [5.74, 6) is -0.283. The molecule has 2 heterocycles. The number of aromatic nitrogens is 1. The van der Waals surface area contributed by atoms with Crippen LogP contribution < -0.4 is 4.90 Å². The predicted octanol–water partition coefficient (Wildman–Crippen LogP) is 5.19. The quantitative estimate of drug-likeness (QED) is 0.268. The largest absolute Gasteiger partial charge is 0.462 e. The van der Waals surface area contributed by atoms with Gasteiger partial charge in [-0.1, -0.05) is 44.2 Å². The standard InChI is InChI=1S/C24H29ClN2O4S/c1-3-5-6-7-8-13-32(30)18-9-10-21-17(14-18)11-12-27(21)23(28)19-15-22(25)26-16-20(19)24(29)31-4-2/h9-10,14-16H,3-8,11-13H2,1-2H3. The zero-order valence-electron chi connectivity index (χ0n) is 18.6. The van der Waals surface area contributed by atoms with Crippen LogP contribution in [-0.4, -0.2) is 40.0 Å². The average Bonchev–Trinajstić information content (AvgIpc) is 3.21. The molecule has 0 radical (unpaired) electrons. The molecule has 0 aliphatic carbocycles. The average molecular weight is 477 g/mol. The van der Waals surface area contributed by atoms with Crippen molar-refractivity contribution in [2.24, 2.45) is 0 Å². The Morgan fingerprint density at radius 3 is 2.66 bits per heavy atom. The maximum atomic E-state index is 13.3. The molecule has 1 amide bonds. The number of amides is 1. The lowest BCUT2D eigenvalue weighted by molar-refractivity contribution is 0.0522. The molecule has 1 aromatic heterocycles. The number of nitrogens with zero attached hydrogens (tertiary/aromatic N) is 2. The summed E-state index contributed by atoms with van der Waals surface area (Å²) in [6.45, 7) is 4.55. The molecule has 8 heteroatoms. The molecule has 1 atom stereocenters. The summed E-state index contributed by atoms with van der Waals surface area (Å²) in [6, 6.07) is 7.02. The Morgan fingerprint density at radius 1 is 1.12 bits per heavy atom. The van der Waals surface area contributed by atoms with Gasteiger partial charge in [-0.25, -0.2) is 9.78 Å². The monoisotopic (exact) mass is 476 g/mol. The summed E-state index contributed by atoms with van der Waals surface area (Å²) < 4.78 is 17.8. The summed E-state index contributed by atoms with van der Waals surface area (Å²) >= 11 is 6.01. The van der Waals surface area contributed by atoms with Gasteiger partial charge in [0, 0.05) is 29.1 Å². The Bertz CT molecular complexity index is 1010. The Hall–Kier alpha value is -2.25. The summed E-state index contributed by atoms with van der Waals surface area (Å²) in [5.41, 5.74) is 2.00. The highest BCUT2D eigenvalue weighted by Gasteiger charge is 2.29. The first kappa shape index (κ1) is 24.4. The van der Waals surface area contributed by atoms with Gasteiger partial charge < -0.3 is 9.64 Å². The summed E-state index contributed by atoms with van der Waals surface area (Å²) in [4.78, 5) is 32.0.